The number of thiazole rings is 1. The maximum absolute atomic E-state index is 5.78. The first kappa shape index (κ1) is 25.6. The topological polar surface area (TPSA) is 58.5 Å². The first-order valence-electron chi connectivity index (χ1n) is 9.28. The first-order chi connectivity index (χ1) is 11.8. The fourth-order valence-electron chi connectivity index (χ4n) is 2.43. The molecule has 1 aromatic rings. The van der Waals surface area contributed by atoms with Gasteiger partial charge in [-0.05, 0) is 19.3 Å². The molecule has 0 spiro atoms. The summed E-state index contributed by atoms with van der Waals surface area (Å²) in [6.07, 6.45) is 2.18. The highest BCUT2D eigenvalue weighted by Gasteiger charge is 2.17. The lowest BCUT2D eigenvalue weighted by Crippen LogP contribution is -2.40. The lowest BCUT2D eigenvalue weighted by atomic mass is 9.93. The highest BCUT2D eigenvalue weighted by Crippen LogP contribution is 2.23. The molecular formula is C19H37IN4OS. The van der Waals surface area contributed by atoms with E-state index in [4.69, 9.17) is 9.72 Å². The van der Waals surface area contributed by atoms with Crippen molar-refractivity contribution in [1.29, 1.82) is 0 Å². The summed E-state index contributed by atoms with van der Waals surface area (Å²) in [7, 11) is 1.80. The van der Waals surface area contributed by atoms with Crippen molar-refractivity contribution in [3.8, 4) is 0 Å². The molecule has 26 heavy (non-hydrogen) atoms. The Kier molecular flexibility index (Phi) is 12.7. The molecule has 0 bridgehead atoms. The molecule has 5 nitrogen and oxygen atoms in total. The first-order valence-corrected chi connectivity index (χ1v) is 10.2. The Hall–Kier alpha value is -0.410. The molecule has 0 fully saturated rings. The summed E-state index contributed by atoms with van der Waals surface area (Å²) in [6.45, 7) is 15.5. The van der Waals surface area contributed by atoms with Crippen LogP contribution in [-0.2, 0) is 16.6 Å². The molecule has 2 N–H and O–H groups in total. The maximum Gasteiger partial charge on any atom is 0.190 e. The van der Waals surface area contributed by atoms with Crippen molar-refractivity contribution in [2.75, 3.05) is 26.7 Å². The van der Waals surface area contributed by atoms with Crippen molar-refractivity contribution in [2.24, 2.45) is 10.9 Å². The zero-order valence-corrected chi connectivity index (χ0v) is 20.5. The van der Waals surface area contributed by atoms with Crippen LogP contribution in [0.1, 0.15) is 58.7 Å². The molecule has 0 saturated carbocycles. The minimum Gasteiger partial charge on any atom is -0.378 e. The number of ether oxygens (including phenoxy) is 1. The fourth-order valence-corrected chi connectivity index (χ4v) is 3.46. The van der Waals surface area contributed by atoms with Gasteiger partial charge in [-0.3, -0.25) is 4.99 Å². The number of nitrogens with one attached hydrogen (secondary N) is 2. The molecule has 1 heterocycles. The molecule has 0 amide bonds. The predicted octanol–water partition coefficient (Wildman–Crippen LogP) is 4.22. The molecular weight excluding hydrogens is 459 g/mol. The third kappa shape index (κ3) is 9.50. The highest BCUT2D eigenvalue weighted by atomic mass is 127. The van der Waals surface area contributed by atoms with Crippen LogP contribution in [0.15, 0.2) is 10.4 Å². The zero-order valence-electron chi connectivity index (χ0n) is 17.4. The molecule has 0 aliphatic heterocycles. The van der Waals surface area contributed by atoms with Gasteiger partial charge >= 0.3 is 0 Å². The van der Waals surface area contributed by atoms with E-state index in [2.05, 4.69) is 55.6 Å². The smallest absolute Gasteiger partial charge is 0.190 e. The predicted molar refractivity (Wildman–Crippen MR) is 124 cm³/mol. The summed E-state index contributed by atoms with van der Waals surface area (Å²) in [4.78, 5) is 9.02. The lowest BCUT2D eigenvalue weighted by molar-refractivity contribution is 0.0258. The second-order valence-corrected chi connectivity index (χ2v) is 8.52. The Morgan fingerprint density at radius 3 is 2.42 bits per heavy atom. The average Bonchev–Trinajstić information content (AvgIpc) is 3.01. The van der Waals surface area contributed by atoms with Crippen LogP contribution in [0.2, 0.25) is 0 Å². The average molecular weight is 497 g/mol. The minimum absolute atomic E-state index is 0. The molecule has 152 valence electrons. The van der Waals surface area contributed by atoms with Crippen molar-refractivity contribution < 1.29 is 4.74 Å². The van der Waals surface area contributed by atoms with Crippen LogP contribution in [0.5, 0.6) is 0 Å². The molecule has 1 atom stereocenters. The van der Waals surface area contributed by atoms with Crippen LogP contribution >= 0.6 is 35.3 Å². The quantitative estimate of drug-likeness (QED) is 0.306. The Bertz CT molecular complexity index is 526. The van der Waals surface area contributed by atoms with Crippen molar-refractivity contribution in [2.45, 2.75) is 65.9 Å². The molecule has 1 rings (SSSR count). The molecule has 1 unspecified atom stereocenters. The van der Waals surface area contributed by atoms with E-state index in [1.165, 1.54) is 10.7 Å². The van der Waals surface area contributed by atoms with Crippen LogP contribution < -0.4 is 10.6 Å². The van der Waals surface area contributed by atoms with Gasteiger partial charge in [-0.1, -0.05) is 34.6 Å². The number of aromatic nitrogens is 1. The van der Waals surface area contributed by atoms with E-state index in [-0.39, 0.29) is 29.4 Å². The summed E-state index contributed by atoms with van der Waals surface area (Å²) < 4.78 is 5.78. The zero-order chi connectivity index (χ0) is 18.9. The highest BCUT2D eigenvalue weighted by molar-refractivity contribution is 14.0. The Balaban J connectivity index is 0.00000625. The number of hydrogen-bond donors (Lipinski definition) is 2. The number of hydrogen-bond acceptors (Lipinski definition) is 4. The monoisotopic (exact) mass is 496 g/mol. The number of rotatable bonds is 9. The molecule has 0 aliphatic carbocycles. The summed E-state index contributed by atoms with van der Waals surface area (Å²) in [5, 5.41) is 10.1. The normalized spacial score (nSPS) is 13.5. The SMILES string of the molecule is CCOC(CCNC(=NC)NCCc1nc(C(C)(C)C)cs1)C(C)C.I. The van der Waals surface area contributed by atoms with Gasteiger partial charge in [0.25, 0.3) is 0 Å². The van der Waals surface area contributed by atoms with Crippen LogP contribution in [0, 0.1) is 5.92 Å². The van der Waals surface area contributed by atoms with E-state index in [1.807, 2.05) is 6.92 Å². The number of guanidine groups is 1. The fraction of sp³-hybridized carbons (Fsp3) is 0.789. The Labute approximate surface area is 180 Å². The van der Waals surface area contributed by atoms with Crippen molar-refractivity contribution in [3.63, 3.8) is 0 Å². The summed E-state index contributed by atoms with van der Waals surface area (Å²) in [5.41, 5.74) is 1.29. The molecule has 0 saturated heterocycles. The van der Waals surface area contributed by atoms with E-state index in [1.54, 1.807) is 18.4 Å². The Morgan fingerprint density at radius 1 is 1.27 bits per heavy atom. The van der Waals surface area contributed by atoms with E-state index in [0.29, 0.717) is 12.0 Å². The third-order valence-electron chi connectivity index (χ3n) is 4.02. The van der Waals surface area contributed by atoms with E-state index in [9.17, 15) is 0 Å². The number of nitrogens with zero attached hydrogens (tertiary/aromatic N) is 2. The second kappa shape index (κ2) is 12.9. The number of halogens is 1. The van der Waals surface area contributed by atoms with Gasteiger partial charge in [0.05, 0.1) is 16.8 Å². The van der Waals surface area contributed by atoms with E-state index in [0.717, 1.165) is 38.5 Å². The van der Waals surface area contributed by atoms with Crippen molar-refractivity contribution in [3.05, 3.63) is 16.1 Å². The van der Waals surface area contributed by atoms with E-state index >= 15 is 0 Å². The van der Waals surface area contributed by atoms with Gasteiger partial charge < -0.3 is 15.4 Å². The Morgan fingerprint density at radius 2 is 1.92 bits per heavy atom. The molecule has 0 radical (unpaired) electrons. The van der Waals surface area contributed by atoms with Crippen molar-refractivity contribution >= 4 is 41.3 Å². The summed E-state index contributed by atoms with van der Waals surface area (Å²) >= 11 is 1.74. The molecule has 0 aliphatic rings. The van der Waals surface area contributed by atoms with Gasteiger partial charge in [-0.25, -0.2) is 4.98 Å². The largest absolute Gasteiger partial charge is 0.378 e. The van der Waals surface area contributed by atoms with Gasteiger partial charge in [-0.2, -0.15) is 0 Å². The van der Waals surface area contributed by atoms with Crippen LogP contribution in [0.25, 0.3) is 0 Å². The molecule has 7 heteroatoms. The minimum atomic E-state index is 0. The van der Waals surface area contributed by atoms with Gasteiger partial charge in [0.15, 0.2) is 5.96 Å². The van der Waals surface area contributed by atoms with Crippen LogP contribution in [0.4, 0.5) is 0 Å². The van der Waals surface area contributed by atoms with Gasteiger partial charge in [-0.15, -0.1) is 35.3 Å². The second-order valence-electron chi connectivity index (χ2n) is 7.58. The van der Waals surface area contributed by atoms with Crippen LogP contribution in [-0.4, -0.2) is 43.8 Å². The molecule has 1 aromatic heterocycles. The summed E-state index contributed by atoms with van der Waals surface area (Å²) in [6, 6.07) is 0. The van der Waals surface area contributed by atoms with Gasteiger partial charge in [0.1, 0.15) is 0 Å². The van der Waals surface area contributed by atoms with Crippen molar-refractivity contribution in [1.82, 2.24) is 15.6 Å². The van der Waals surface area contributed by atoms with E-state index < -0.39 is 0 Å². The lowest BCUT2D eigenvalue weighted by Gasteiger charge is -2.21. The third-order valence-corrected chi connectivity index (χ3v) is 4.93. The number of aliphatic imine (C=N–C) groups is 1. The maximum atomic E-state index is 5.78. The van der Waals surface area contributed by atoms with Crippen LogP contribution in [0.3, 0.4) is 0 Å². The van der Waals surface area contributed by atoms with Gasteiger partial charge in [0.2, 0.25) is 0 Å². The standard InChI is InChI=1S/C19H36N4OS.HI/c1-8-24-15(14(2)3)9-11-21-18(20-7)22-12-10-17-23-16(13-25-17)19(4,5)6;/h13-15H,8-12H2,1-7H3,(H2,20,21,22);1H. The van der Waals surface area contributed by atoms with Gasteiger partial charge in [0, 0.05) is 44.0 Å². The molecule has 0 aromatic carbocycles. The summed E-state index contributed by atoms with van der Waals surface area (Å²) in [5.74, 6) is 1.37.